The summed E-state index contributed by atoms with van der Waals surface area (Å²) in [6.45, 7) is 7.43. The van der Waals surface area contributed by atoms with E-state index >= 15 is 0 Å². The number of aromatic nitrogens is 2. The number of rotatable bonds is 6. The number of Topliss-reactive ketones (excluding diaryl/α,β-unsaturated/α-hetero) is 1. The average molecular weight is 433 g/mol. The van der Waals surface area contributed by atoms with Crippen LogP contribution in [0.3, 0.4) is 0 Å². The van der Waals surface area contributed by atoms with Crippen LogP contribution in [0.5, 0.6) is 0 Å². The van der Waals surface area contributed by atoms with Crippen molar-refractivity contribution in [2.75, 3.05) is 44.2 Å². The molecule has 1 aromatic heterocycles. The number of nitrogens with zero attached hydrogens (tertiary/aromatic N) is 4. The number of piperazine rings is 1. The lowest BCUT2D eigenvalue weighted by Gasteiger charge is -2.37. The molecule has 0 amide bonds. The topological polar surface area (TPSA) is 71.7 Å². The van der Waals surface area contributed by atoms with Crippen LogP contribution in [0.4, 0.5) is 5.69 Å². The van der Waals surface area contributed by atoms with Gasteiger partial charge < -0.3 is 14.2 Å². The van der Waals surface area contributed by atoms with Gasteiger partial charge in [0, 0.05) is 49.5 Å². The highest BCUT2D eigenvalue weighted by Crippen LogP contribution is 2.32. The number of hydrogen-bond donors (Lipinski definition) is 0. The van der Waals surface area contributed by atoms with Crippen LogP contribution in [0.25, 0.3) is 11.5 Å². The third-order valence-electron chi connectivity index (χ3n) is 6.51. The van der Waals surface area contributed by atoms with Gasteiger partial charge in [-0.1, -0.05) is 11.2 Å². The number of carbonyl (C=O) groups is 1. The Hall–Kier alpha value is -3.03. The molecular weight excluding hydrogens is 404 g/mol. The highest BCUT2D eigenvalue weighted by atomic mass is 16.5. The van der Waals surface area contributed by atoms with Gasteiger partial charge >= 0.3 is 0 Å². The van der Waals surface area contributed by atoms with Crippen LogP contribution in [0.1, 0.15) is 40.9 Å². The van der Waals surface area contributed by atoms with Gasteiger partial charge in [0.1, 0.15) is 0 Å². The normalized spacial score (nSPS) is 19.0. The number of benzene rings is 2. The minimum Gasteiger partial charge on any atom is -0.373 e. The Morgan fingerprint density at radius 1 is 1.09 bits per heavy atom. The Labute approximate surface area is 188 Å². The molecule has 2 aliphatic rings. The van der Waals surface area contributed by atoms with Crippen molar-refractivity contribution < 1.29 is 14.1 Å². The Bertz CT molecular complexity index is 1060. The molecule has 3 heterocycles. The second-order valence-corrected chi connectivity index (χ2v) is 8.49. The van der Waals surface area contributed by atoms with Gasteiger partial charge in [-0.05, 0) is 67.3 Å². The molecule has 3 aromatic rings. The van der Waals surface area contributed by atoms with Crippen molar-refractivity contribution in [1.29, 1.82) is 0 Å². The summed E-state index contributed by atoms with van der Waals surface area (Å²) >= 11 is 0. The molecule has 0 radical (unpaired) electrons. The molecule has 1 fully saturated rings. The Morgan fingerprint density at radius 2 is 1.91 bits per heavy atom. The van der Waals surface area contributed by atoms with E-state index in [1.807, 2.05) is 18.2 Å². The summed E-state index contributed by atoms with van der Waals surface area (Å²) in [5, 5.41) is 3.71. The second kappa shape index (κ2) is 9.22. The largest absolute Gasteiger partial charge is 0.373 e. The molecule has 2 aliphatic heterocycles. The summed E-state index contributed by atoms with van der Waals surface area (Å²) in [7, 11) is 0. The van der Waals surface area contributed by atoms with Gasteiger partial charge in [0.15, 0.2) is 12.1 Å². The molecule has 0 N–H and O–H groups in total. The fourth-order valence-corrected chi connectivity index (χ4v) is 4.65. The molecule has 0 saturated carbocycles. The minimum absolute atomic E-state index is 0.110. The van der Waals surface area contributed by atoms with Gasteiger partial charge in [0.05, 0.1) is 12.7 Å². The summed E-state index contributed by atoms with van der Waals surface area (Å²) in [5.41, 5.74) is 5.52. The predicted octanol–water partition coefficient (Wildman–Crippen LogP) is 3.77. The average Bonchev–Trinajstić information content (AvgIpc) is 3.38. The zero-order chi connectivity index (χ0) is 21.9. The maximum absolute atomic E-state index is 11.5. The summed E-state index contributed by atoms with van der Waals surface area (Å²) in [4.78, 5) is 20.6. The molecule has 0 spiro atoms. The van der Waals surface area contributed by atoms with Crippen LogP contribution >= 0.6 is 0 Å². The van der Waals surface area contributed by atoms with Gasteiger partial charge in [-0.2, -0.15) is 4.98 Å². The first-order valence-corrected chi connectivity index (χ1v) is 11.3. The van der Waals surface area contributed by atoms with Crippen LogP contribution in [0, 0.1) is 0 Å². The van der Waals surface area contributed by atoms with Crippen molar-refractivity contribution in [3.63, 3.8) is 0 Å². The molecule has 0 bridgehead atoms. The molecule has 0 aliphatic carbocycles. The highest BCUT2D eigenvalue weighted by Gasteiger charge is 2.24. The predicted molar refractivity (Wildman–Crippen MR) is 122 cm³/mol. The SMILES string of the molecule is CC(=O)c1ccc(N2CCN(CC[C@@H]3OCCc4cc(-c5ncno5)ccc43)CC2)cc1. The molecule has 5 rings (SSSR count). The van der Waals surface area contributed by atoms with Crippen molar-refractivity contribution in [3.05, 3.63) is 65.5 Å². The monoisotopic (exact) mass is 432 g/mol. The third kappa shape index (κ3) is 4.45. The van der Waals surface area contributed by atoms with Gasteiger partial charge in [-0.25, -0.2) is 0 Å². The molecule has 1 saturated heterocycles. The van der Waals surface area contributed by atoms with Gasteiger partial charge in [0.2, 0.25) is 0 Å². The maximum Gasteiger partial charge on any atom is 0.257 e. The second-order valence-electron chi connectivity index (χ2n) is 8.49. The lowest BCUT2D eigenvalue weighted by molar-refractivity contribution is 0.0289. The van der Waals surface area contributed by atoms with E-state index in [0.29, 0.717) is 5.89 Å². The summed E-state index contributed by atoms with van der Waals surface area (Å²) in [6.07, 6.45) is 3.46. The van der Waals surface area contributed by atoms with Crippen molar-refractivity contribution in [3.8, 4) is 11.5 Å². The quantitative estimate of drug-likeness (QED) is 0.549. The molecule has 7 heteroatoms. The fourth-order valence-electron chi connectivity index (χ4n) is 4.65. The number of ketones is 1. The molecule has 1 atom stereocenters. The first-order chi connectivity index (χ1) is 15.7. The third-order valence-corrected chi connectivity index (χ3v) is 6.51. The molecule has 7 nitrogen and oxygen atoms in total. The van der Waals surface area contributed by atoms with E-state index in [2.05, 4.69) is 44.2 Å². The number of carbonyl (C=O) groups excluding carboxylic acids is 1. The summed E-state index contributed by atoms with van der Waals surface area (Å²) < 4.78 is 11.3. The molecule has 166 valence electrons. The van der Waals surface area contributed by atoms with Crippen molar-refractivity contribution in [2.24, 2.45) is 0 Å². The van der Waals surface area contributed by atoms with Gasteiger partial charge in [-0.3, -0.25) is 9.69 Å². The lowest BCUT2D eigenvalue weighted by Crippen LogP contribution is -2.47. The number of ether oxygens (including phenoxy) is 1. The highest BCUT2D eigenvalue weighted by molar-refractivity contribution is 5.94. The zero-order valence-corrected chi connectivity index (χ0v) is 18.4. The number of anilines is 1. The van der Waals surface area contributed by atoms with E-state index in [4.69, 9.17) is 9.26 Å². The summed E-state index contributed by atoms with van der Waals surface area (Å²) in [6, 6.07) is 14.3. The van der Waals surface area contributed by atoms with Crippen molar-refractivity contribution in [2.45, 2.75) is 25.9 Å². The summed E-state index contributed by atoms with van der Waals surface area (Å²) in [5.74, 6) is 0.670. The van der Waals surface area contributed by atoms with Crippen LogP contribution in [-0.4, -0.2) is 60.2 Å². The van der Waals surface area contributed by atoms with Crippen LogP contribution in [0.15, 0.2) is 53.3 Å². The molecular formula is C25H28N4O3. The van der Waals surface area contributed by atoms with E-state index in [1.165, 1.54) is 23.1 Å². The Morgan fingerprint density at radius 3 is 2.62 bits per heavy atom. The van der Waals surface area contributed by atoms with E-state index < -0.39 is 0 Å². The first-order valence-electron chi connectivity index (χ1n) is 11.3. The fraction of sp³-hybridized carbons (Fsp3) is 0.400. The first kappa shape index (κ1) is 20.8. The molecule has 0 unspecified atom stereocenters. The Balaban J connectivity index is 1.16. The molecule has 32 heavy (non-hydrogen) atoms. The zero-order valence-electron chi connectivity index (χ0n) is 18.4. The van der Waals surface area contributed by atoms with E-state index in [-0.39, 0.29) is 11.9 Å². The maximum atomic E-state index is 11.5. The smallest absolute Gasteiger partial charge is 0.257 e. The van der Waals surface area contributed by atoms with Gasteiger partial charge in [-0.15, -0.1) is 0 Å². The Kier molecular flexibility index (Phi) is 6.01. The standard InChI is InChI=1S/C25H28N4O3/c1-18(30)19-2-5-22(6-3-19)29-13-11-28(12-14-29)10-8-24-23-7-4-21(25-26-17-27-32-25)16-20(23)9-15-31-24/h2-7,16-17,24H,8-15H2,1H3/t24-/m0/s1. The van der Waals surface area contributed by atoms with Gasteiger partial charge in [0.25, 0.3) is 5.89 Å². The van der Waals surface area contributed by atoms with E-state index in [0.717, 1.165) is 63.3 Å². The van der Waals surface area contributed by atoms with Crippen molar-refractivity contribution >= 4 is 11.5 Å². The minimum atomic E-state index is 0.110. The van der Waals surface area contributed by atoms with E-state index in [1.54, 1.807) is 6.92 Å². The van der Waals surface area contributed by atoms with Crippen molar-refractivity contribution in [1.82, 2.24) is 15.0 Å². The van der Waals surface area contributed by atoms with Crippen LogP contribution < -0.4 is 4.90 Å². The molecule has 2 aromatic carbocycles. The number of fused-ring (bicyclic) bond motifs is 1. The lowest BCUT2D eigenvalue weighted by atomic mass is 9.93. The van der Waals surface area contributed by atoms with Crippen LogP contribution in [-0.2, 0) is 11.2 Å². The van der Waals surface area contributed by atoms with E-state index in [9.17, 15) is 4.79 Å². The number of hydrogen-bond acceptors (Lipinski definition) is 7. The van der Waals surface area contributed by atoms with Crippen LogP contribution in [0.2, 0.25) is 0 Å².